The van der Waals surface area contributed by atoms with Crippen molar-refractivity contribution in [2.24, 2.45) is 0 Å². The second kappa shape index (κ2) is 5.50. The number of hydrogen-bond acceptors (Lipinski definition) is 2. The minimum atomic E-state index is -1.51. The summed E-state index contributed by atoms with van der Waals surface area (Å²) in [7, 11) is 0. The standard InChI is InChI=1S/C13H15F3N2O/c1-8(13(19)18-4-2-3-5-18)17-9-6-10(14)12(16)11(15)7-9/h6-8,17H,2-5H2,1H3. The Bertz CT molecular complexity index is 464. The first-order valence-corrected chi connectivity index (χ1v) is 6.19. The number of benzene rings is 1. The lowest BCUT2D eigenvalue weighted by Gasteiger charge is -2.22. The third kappa shape index (κ3) is 3.00. The van der Waals surface area contributed by atoms with E-state index in [0.29, 0.717) is 13.1 Å². The van der Waals surface area contributed by atoms with Gasteiger partial charge in [-0.15, -0.1) is 0 Å². The van der Waals surface area contributed by atoms with E-state index in [9.17, 15) is 18.0 Å². The molecule has 104 valence electrons. The van der Waals surface area contributed by atoms with Crippen LogP contribution >= 0.6 is 0 Å². The second-order valence-corrected chi connectivity index (χ2v) is 4.65. The normalized spacial score (nSPS) is 16.5. The van der Waals surface area contributed by atoms with Crippen LogP contribution in [0.3, 0.4) is 0 Å². The number of amides is 1. The molecule has 1 fully saturated rings. The van der Waals surface area contributed by atoms with E-state index in [1.54, 1.807) is 11.8 Å². The van der Waals surface area contributed by atoms with Gasteiger partial charge < -0.3 is 10.2 Å². The van der Waals surface area contributed by atoms with Gasteiger partial charge >= 0.3 is 0 Å². The molecule has 1 amide bonds. The summed E-state index contributed by atoms with van der Waals surface area (Å²) in [6.07, 6.45) is 1.94. The van der Waals surface area contributed by atoms with Crippen molar-refractivity contribution < 1.29 is 18.0 Å². The molecule has 1 aromatic rings. The summed E-state index contributed by atoms with van der Waals surface area (Å²) in [6, 6.07) is 1.07. The molecule has 1 heterocycles. The topological polar surface area (TPSA) is 32.3 Å². The molecule has 6 heteroatoms. The predicted octanol–water partition coefficient (Wildman–Crippen LogP) is 2.53. The second-order valence-electron chi connectivity index (χ2n) is 4.65. The highest BCUT2D eigenvalue weighted by Gasteiger charge is 2.23. The Morgan fingerprint density at radius 1 is 1.21 bits per heavy atom. The van der Waals surface area contributed by atoms with Gasteiger partial charge in [0.15, 0.2) is 17.5 Å². The van der Waals surface area contributed by atoms with Gasteiger partial charge in [-0.05, 0) is 19.8 Å². The largest absolute Gasteiger partial charge is 0.374 e. The van der Waals surface area contributed by atoms with Gasteiger partial charge in [0.05, 0.1) is 0 Å². The van der Waals surface area contributed by atoms with Crippen LogP contribution in [0.15, 0.2) is 12.1 Å². The summed E-state index contributed by atoms with van der Waals surface area (Å²) in [5, 5.41) is 2.69. The summed E-state index contributed by atoms with van der Waals surface area (Å²) in [5.41, 5.74) is 0.0523. The lowest BCUT2D eigenvalue weighted by Crippen LogP contribution is -2.39. The first-order valence-electron chi connectivity index (χ1n) is 6.19. The number of carbonyl (C=O) groups is 1. The van der Waals surface area contributed by atoms with Crippen molar-refractivity contribution in [1.82, 2.24) is 4.90 Å². The number of rotatable bonds is 3. The first kappa shape index (κ1) is 13.7. The lowest BCUT2D eigenvalue weighted by molar-refractivity contribution is -0.130. The lowest BCUT2D eigenvalue weighted by atomic mass is 10.2. The van der Waals surface area contributed by atoms with Crippen molar-refractivity contribution in [2.75, 3.05) is 18.4 Å². The molecular weight excluding hydrogens is 257 g/mol. The van der Waals surface area contributed by atoms with E-state index in [4.69, 9.17) is 0 Å². The van der Waals surface area contributed by atoms with Gasteiger partial charge in [-0.3, -0.25) is 4.79 Å². The molecule has 1 N–H and O–H groups in total. The highest BCUT2D eigenvalue weighted by molar-refractivity contribution is 5.84. The van der Waals surface area contributed by atoms with Crippen molar-refractivity contribution in [3.05, 3.63) is 29.6 Å². The fourth-order valence-electron chi connectivity index (χ4n) is 2.16. The van der Waals surface area contributed by atoms with Gasteiger partial charge in [0.25, 0.3) is 0 Å². The molecule has 1 aromatic carbocycles. The summed E-state index contributed by atoms with van der Waals surface area (Å²) in [4.78, 5) is 13.7. The Hall–Kier alpha value is -1.72. The van der Waals surface area contributed by atoms with Crippen molar-refractivity contribution in [3.8, 4) is 0 Å². The monoisotopic (exact) mass is 272 g/mol. The molecule has 2 rings (SSSR count). The van der Waals surface area contributed by atoms with Crippen LogP contribution < -0.4 is 5.32 Å². The molecule has 1 saturated heterocycles. The Morgan fingerprint density at radius 2 is 1.74 bits per heavy atom. The summed E-state index contributed by atoms with van der Waals surface area (Å²) in [5.74, 6) is -4.18. The van der Waals surface area contributed by atoms with Gasteiger partial charge in [0, 0.05) is 30.9 Å². The highest BCUT2D eigenvalue weighted by atomic mass is 19.2. The van der Waals surface area contributed by atoms with Gasteiger partial charge in [-0.1, -0.05) is 0 Å². The summed E-state index contributed by atoms with van der Waals surface area (Å²) < 4.78 is 38.9. The van der Waals surface area contributed by atoms with E-state index in [1.165, 1.54) is 0 Å². The van der Waals surface area contributed by atoms with Gasteiger partial charge in [0.2, 0.25) is 5.91 Å². The number of halogens is 3. The maximum atomic E-state index is 13.0. The molecule has 3 nitrogen and oxygen atoms in total. The van der Waals surface area contributed by atoms with E-state index in [1.807, 2.05) is 0 Å². The van der Waals surface area contributed by atoms with Gasteiger partial charge in [0.1, 0.15) is 6.04 Å². The van der Waals surface area contributed by atoms with E-state index >= 15 is 0 Å². The first-order chi connectivity index (χ1) is 8.99. The van der Waals surface area contributed by atoms with E-state index in [2.05, 4.69) is 5.32 Å². The smallest absolute Gasteiger partial charge is 0.244 e. The van der Waals surface area contributed by atoms with Crippen molar-refractivity contribution >= 4 is 11.6 Å². The molecule has 0 aromatic heterocycles. The fraction of sp³-hybridized carbons (Fsp3) is 0.462. The van der Waals surface area contributed by atoms with Crippen molar-refractivity contribution in [1.29, 1.82) is 0 Å². The quantitative estimate of drug-likeness (QED) is 0.858. The number of nitrogens with zero attached hydrogens (tertiary/aromatic N) is 1. The third-order valence-electron chi connectivity index (χ3n) is 3.16. The highest BCUT2D eigenvalue weighted by Crippen LogP contribution is 2.19. The van der Waals surface area contributed by atoms with Crippen LogP contribution in [0.2, 0.25) is 0 Å². The van der Waals surface area contributed by atoms with Crippen LogP contribution in [0.4, 0.5) is 18.9 Å². The average molecular weight is 272 g/mol. The Labute approximate surface area is 109 Å². The van der Waals surface area contributed by atoms with E-state index in [-0.39, 0.29) is 11.6 Å². The van der Waals surface area contributed by atoms with E-state index < -0.39 is 23.5 Å². The summed E-state index contributed by atoms with van der Waals surface area (Å²) >= 11 is 0. The minimum absolute atomic E-state index is 0.0523. The van der Waals surface area contributed by atoms with Crippen molar-refractivity contribution in [3.63, 3.8) is 0 Å². The molecule has 0 radical (unpaired) electrons. The maximum Gasteiger partial charge on any atom is 0.244 e. The Kier molecular flexibility index (Phi) is 3.97. The third-order valence-corrected chi connectivity index (χ3v) is 3.16. The number of likely N-dealkylation sites (tertiary alicyclic amines) is 1. The van der Waals surface area contributed by atoms with E-state index in [0.717, 1.165) is 25.0 Å². The maximum absolute atomic E-state index is 13.0. The molecule has 0 spiro atoms. The number of nitrogens with one attached hydrogen (secondary N) is 1. The molecular formula is C13H15F3N2O. The SMILES string of the molecule is CC(Nc1cc(F)c(F)c(F)c1)C(=O)N1CCCC1. The van der Waals surface area contributed by atoms with Crippen LogP contribution in [-0.2, 0) is 4.79 Å². The zero-order valence-electron chi connectivity index (χ0n) is 10.5. The zero-order chi connectivity index (χ0) is 14.0. The molecule has 0 saturated carbocycles. The summed E-state index contributed by atoms with van der Waals surface area (Å²) in [6.45, 7) is 3.02. The molecule has 0 aliphatic carbocycles. The van der Waals surface area contributed by atoms with Gasteiger partial charge in [-0.2, -0.15) is 0 Å². The Balaban J connectivity index is 2.06. The van der Waals surface area contributed by atoms with Crippen LogP contribution in [0.5, 0.6) is 0 Å². The number of carbonyl (C=O) groups excluding carboxylic acids is 1. The Morgan fingerprint density at radius 3 is 2.26 bits per heavy atom. The predicted molar refractivity (Wildman–Crippen MR) is 65.2 cm³/mol. The van der Waals surface area contributed by atoms with Crippen LogP contribution in [-0.4, -0.2) is 29.9 Å². The fourth-order valence-corrected chi connectivity index (χ4v) is 2.16. The minimum Gasteiger partial charge on any atom is -0.374 e. The van der Waals surface area contributed by atoms with Gasteiger partial charge in [-0.25, -0.2) is 13.2 Å². The molecule has 19 heavy (non-hydrogen) atoms. The molecule has 1 aliphatic rings. The molecule has 0 bridgehead atoms. The molecule has 1 aliphatic heterocycles. The zero-order valence-corrected chi connectivity index (χ0v) is 10.5. The van der Waals surface area contributed by atoms with Crippen LogP contribution in [0.1, 0.15) is 19.8 Å². The van der Waals surface area contributed by atoms with Crippen molar-refractivity contribution in [2.45, 2.75) is 25.8 Å². The molecule has 1 unspecified atom stereocenters. The van der Waals surface area contributed by atoms with Crippen LogP contribution in [0.25, 0.3) is 0 Å². The number of hydrogen-bond donors (Lipinski definition) is 1. The average Bonchev–Trinajstić information content (AvgIpc) is 2.88. The number of anilines is 1. The van der Waals surface area contributed by atoms with Crippen LogP contribution in [0, 0.1) is 17.5 Å². The molecule has 1 atom stereocenters.